The fourth-order valence-electron chi connectivity index (χ4n) is 4.38. The van der Waals surface area contributed by atoms with Crippen LogP contribution >= 0.6 is 0 Å². The molecule has 0 atom stereocenters. The van der Waals surface area contributed by atoms with Crippen LogP contribution < -0.4 is 5.32 Å². The van der Waals surface area contributed by atoms with Crippen molar-refractivity contribution in [3.63, 3.8) is 0 Å². The number of para-hydroxylation sites is 1. The molecular weight excluding hydrogens is 362 g/mol. The van der Waals surface area contributed by atoms with Crippen LogP contribution in [0, 0.1) is 5.92 Å². The molecule has 0 aromatic heterocycles. The number of hydrogen-bond donors (Lipinski definition) is 1. The van der Waals surface area contributed by atoms with E-state index < -0.39 is 0 Å². The van der Waals surface area contributed by atoms with Crippen LogP contribution in [0.25, 0.3) is 0 Å². The number of nitrogens with one attached hydrogen (secondary N) is 1. The number of piperazine rings is 1. The standard InChI is InChI=1S/C23H35N5O/c29-22(20-8-7-9-20)27-18-16-26(17-19-27)15-12-24-23(28-13-5-2-6-14-28)25-21-10-3-1-4-11-21/h1,3-4,10-11,20H,2,5-9,12-19H2,(H,24,25). The highest BCUT2D eigenvalue weighted by Crippen LogP contribution is 2.28. The number of aliphatic imine (C=N–C) groups is 1. The van der Waals surface area contributed by atoms with E-state index in [9.17, 15) is 4.79 Å². The Balaban J connectivity index is 1.27. The van der Waals surface area contributed by atoms with E-state index >= 15 is 0 Å². The van der Waals surface area contributed by atoms with Crippen LogP contribution in [0.1, 0.15) is 38.5 Å². The first-order valence-corrected chi connectivity index (χ1v) is 11.4. The molecule has 1 amide bonds. The van der Waals surface area contributed by atoms with Gasteiger partial charge in [0.05, 0.1) is 6.54 Å². The van der Waals surface area contributed by atoms with Crippen molar-refractivity contribution in [2.45, 2.75) is 38.5 Å². The number of carbonyl (C=O) groups excluding carboxylic acids is 1. The number of amides is 1. The van der Waals surface area contributed by atoms with Crippen molar-refractivity contribution < 1.29 is 4.79 Å². The van der Waals surface area contributed by atoms with Crippen LogP contribution in [0.3, 0.4) is 0 Å². The van der Waals surface area contributed by atoms with Crippen molar-refractivity contribution in [3.05, 3.63) is 30.3 Å². The summed E-state index contributed by atoms with van der Waals surface area (Å²) >= 11 is 0. The van der Waals surface area contributed by atoms with Crippen molar-refractivity contribution in [2.24, 2.45) is 10.9 Å². The van der Waals surface area contributed by atoms with E-state index in [2.05, 4.69) is 44.3 Å². The van der Waals surface area contributed by atoms with Gasteiger partial charge in [-0.15, -0.1) is 0 Å². The first-order valence-electron chi connectivity index (χ1n) is 11.4. The molecule has 6 heteroatoms. The van der Waals surface area contributed by atoms with Crippen molar-refractivity contribution in [3.8, 4) is 0 Å². The molecule has 29 heavy (non-hydrogen) atoms. The molecule has 0 radical (unpaired) electrons. The first kappa shape index (κ1) is 20.2. The fraction of sp³-hybridized carbons (Fsp3) is 0.652. The van der Waals surface area contributed by atoms with E-state index in [0.29, 0.717) is 11.8 Å². The summed E-state index contributed by atoms with van der Waals surface area (Å²) in [5, 5.41) is 3.54. The van der Waals surface area contributed by atoms with E-state index in [1.165, 1.54) is 25.7 Å². The molecule has 0 unspecified atom stereocenters. The molecule has 1 aromatic carbocycles. The van der Waals surface area contributed by atoms with E-state index in [-0.39, 0.29) is 0 Å². The van der Waals surface area contributed by atoms with Crippen LogP contribution in [-0.4, -0.2) is 78.9 Å². The highest BCUT2D eigenvalue weighted by molar-refractivity contribution is 5.93. The van der Waals surface area contributed by atoms with Crippen LogP contribution in [0.15, 0.2) is 35.3 Å². The molecule has 1 aliphatic carbocycles. The second kappa shape index (κ2) is 10.1. The second-order valence-corrected chi connectivity index (χ2v) is 8.54. The first-order chi connectivity index (χ1) is 14.3. The number of hydrogen-bond acceptors (Lipinski definition) is 3. The average molecular weight is 398 g/mol. The van der Waals surface area contributed by atoms with Crippen LogP contribution in [0.5, 0.6) is 0 Å². The molecule has 4 rings (SSSR count). The Labute approximate surface area is 175 Å². The Morgan fingerprint density at radius 3 is 2.28 bits per heavy atom. The number of benzene rings is 1. The molecule has 0 spiro atoms. The molecule has 3 aliphatic rings. The van der Waals surface area contributed by atoms with Gasteiger partial charge >= 0.3 is 0 Å². The fourth-order valence-corrected chi connectivity index (χ4v) is 4.38. The topological polar surface area (TPSA) is 51.2 Å². The smallest absolute Gasteiger partial charge is 0.225 e. The van der Waals surface area contributed by atoms with Gasteiger partial charge in [0, 0.05) is 57.4 Å². The maximum Gasteiger partial charge on any atom is 0.225 e. The highest BCUT2D eigenvalue weighted by Gasteiger charge is 2.31. The van der Waals surface area contributed by atoms with Gasteiger partial charge in [-0.2, -0.15) is 0 Å². The number of anilines is 1. The summed E-state index contributed by atoms with van der Waals surface area (Å²) in [6.07, 6.45) is 7.23. The number of nitrogens with zero attached hydrogens (tertiary/aromatic N) is 4. The van der Waals surface area contributed by atoms with Crippen LogP contribution in [-0.2, 0) is 4.79 Å². The number of carbonyl (C=O) groups is 1. The van der Waals surface area contributed by atoms with Gasteiger partial charge in [-0.25, -0.2) is 0 Å². The molecule has 0 bridgehead atoms. The predicted molar refractivity (Wildman–Crippen MR) is 118 cm³/mol. The second-order valence-electron chi connectivity index (χ2n) is 8.54. The molecule has 1 aromatic rings. The van der Waals surface area contributed by atoms with Crippen molar-refractivity contribution in [1.29, 1.82) is 0 Å². The molecule has 2 aliphatic heterocycles. The summed E-state index contributed by atoms with van der Waals surface area (Å²) in [7, 11) is 0. The lowest BCUT2D eigenvalue weighted by molar-refractivity contribution is -0.139. The lowest BCUT2D eigenvalue weighted by Gasteiger charge is -2.38. The molecule has 1 N–H and O–H groups in total. The van der Waals surface area contributed by atoms with Crippen LogP contribution in [0.4, 0.5) is 5.69 Å². The summed E-state index contributed by atoms with van der Waals surface area (Å²) in [6.45, 7) is 7.61. The molecule has 158 valence electrons. The highest BCUT2D eigenvalue weighted by atomic mass is 16.2. The third-order valence-corrected chi connectivity index (χ3v) is 6.50. The number of piperidine rings is 1. The van der Waals surface area contributed by atoms with E-state index in [4.69, 9.17) is 4.99 Å². The zero-order valence-corrected chi connectivity index (χ0v) is 17.6. The Morgan fingerprint density at radius 2 is 1.62 bits per heavy atom. The minimum Gasteiger partial charge on any atom is -0.343 e. The Morgan fingerprint density at radius 1 is 0.897 bits per heavy atom. The maximum absolute atomic E-state index is 12.4. The SMILES string of the molecule is O=C(C1CCC1)N1CCN(CCN=C(Nc2ccccc2)N2CCCCC2)CC1. The van der Waals surface area contributed by atoms with Crippen molar-refractivity contribution in [2.75, 3.05) is 57.7 Å². The summed E-state index contributed by atoms with van der Waals surface area (Å²) in [5.74, 6) is 1.73. The van der Waals surface area contributed by atoms with Gasteiger partial charge in [0.1, 0.15) is 0 Å². The van der Waals surface area contributed by atoms with Gasteiger partial charge in [0.2, 0.25) is 5.91 Å². The van der Waals surface area contributed by atoms with Gasteiger partial charge in [0.15, 0.2) is 5.96 Å². The van der Waals surface area contributed by atoms with E-state index in [1.54, 1.807) is 0 Å². The predicted octanol–water partition coefficient (Wildman–Crippen LogP) is 2.88. The van der Waals surface area contributed by atoms with Crippen molar-refractivity contribution in [1.82, 2.24) is 14.7 Å². The van der Waals surface area contributed by atoms with E-state index in [0.717, 1.165) is 76.8 Å². The number of guanidine groups is 1. The minimum atomic E-state index is 0.322. The third-order valence-electron chi connectivity index (χ3n) is 6.50. The molecule has 1 saturated carbocycles. The molecular formula is C23H35N5O. The summed E-state index contributed by atoms with van der Waals surface area (Å²) in [4.78, 5) is 24.3. The Hall–Kier alpha value is -2.08. The molecule has 6 nitrogen and oxygen atoms in total. The molecule has 3 fully saturated rings. The quantitative estimate of drug-likeness (QED) is 0.613. The van der Waals surface area contributed by atoms with Gasteiger partial charge < -0.3 is 15.1 Å². The van der Waals surface area contributed by atoms with Crippen LogP contribution in [0.2, 0.25) is 0 Å². The monoisotopic (exact) mass is 397 g/mol. The summed E-state index contributed by atoms with van der Waals surface area (Å²) in [6, 6.07) is 10.3. The molecule has 2 saturated heterocycles. The average Bonchev–Trinajstić information content (AvgIpc) is 2.73. The lowest BCUT2D eigenvalue weighted by atomic mass is 9.84. The minimum absolute atomic E-state index is 0.322. The molecule has 2 heterocycles. The van der Waals surface area contributed by atoms with Gasteiger partial charge in [-0.1, -0.05) is 24.6 Å². The maximum atomic E-state index is 12.4. The zero-order valence-electron chi connectivity index (χ0n) is 17.6. The summed E-state index contributed by atoms with van der Waals surface area (Å²) < 4.78 is 0. The van der Waals surface area contributed by atoms with Gasteiger partial charge in [-0.05, 0) is 44.2 Å². The third kappa shape index (κ3) is 5.50. The van der Waals surface area contributed by atoms with Crippen molar-refractivity contribution >= 4 is 17.6 Å². The van der Waals surface area contributed by atoms with Gasteiger partial charge in [0.25, 0.3) is 0 Å². The summed E-state index contributed by atoms with van der Waals surface area (Å²) in [5.41, 5.74) is 1.10. The largest absolute Gasteiger partial charge is 0.343 e. The normalized spacial score (nSPS) is 21.7. The number of rotatable bonds is 5. The lowest BCUT2D eigenvalue weighted by Crippen LogP contribution is -2.51. The number of likely N-dealkylation sites (tertiary alicyclic amines) is 1. The Bertz CT molecular complexity index is 674. The van der Waals surface area contributed by atoms with E-state index in [1.807, 2.05) is 6.07 Å². The zero-order chi connectivity index (χ0) is 19.9. The Kier molecular flexibility index (Phi) is 7.04. The van der Waals surface area contributed by atoms with Gasteiger partial charge in [-0.3, -0.25) is 14.7 Å².